The van der Waals surface area contributed by atoms with Gasteiger partial charge in [-0.15, -0.1) is 0 Å². The number of benzene rings is 2. The second-order valence-electron chi connectivity index (χ2n) is 6.97. The van der Waals surface area contributed by atoms with Crippen molar-refractivity contribution in [1.29, 1.82) is 0 Å². The largest absolute Gasteiger partial charge is 0.481 e. The van der Waals surface area contributed by atoms with Crippen LogP contribution in [-0.4, -0.2) is 68.2 Å². The van der Waals surface area contributed by atoms with E-state index in [2.05, 4.69) is 5.32 Å². The summed E-state index contributed by atoms with van der Waals surface area (Å²) in [6.07, 6.45) is -9.11. The van der Waals surface area contributed by atoms with Crippen LogP contribution in [0.4, 0.5) is 11.4 Å². The highest BCUT2D eigenvalue weighted by Crippen LogP contribution is 2.38. The molecule has 12 heteroatoms. The van der Waals surface area contributed by atoms with Gasteiger partial charge in [0.05, 0.1) is 22.2 Å². The van der Waals surface area contributed by atoms with E-state index in [1.165, 1.54) is 12.1 Å². The van der Waals surface area contributed by atoms with Crippen molar-refractivity contribution < 1.29 is 44.6 Å². The molecule has 1 fully saturated rings. The fourth-order valence-electron chi connectivity index (χ4n) is 3.11. The lowest BCUT2D eigenvalue weighted by atomic mass is 9.99. The zero-order chi connectivity index (χ0) is 23.6. The minimum atomic E-state index is -1.85. The van der Waals surface area contributed by atoms with Crippen molar-refractivity contribution in [1.82, 2.24) is 0 Å². The van der Waals surface area contributed by atoms with Crippen LogP contribution in [0, 0.1) is 0 Å². The SMILES string of the molecule is O=C(O)Cc1ccccc1Nc1c(Cl)cc(O[C@@H]2O[C@H](C(=O)O)[C@@H](O)[C@H](O)[C@H]2O)cc1Cl. The summed E-state index contributed by atoms with van der Waals surface area (Å²) in [5.74, 6) is -2.58. The highest BCUT2D eigenvalue weighted by molar-refractivity contribution is 6.39. The second kappa shape index (κ2) is 9.90. The summed E-state index contributed by atoms with van der Waals surface area (Å²) < 4.78 is 10.5. The molecule has 5 atom stereocenters. The lowest BCUT2D eigenvalue weighted by Crippen LogP contribution is -2.61. The first kappa shape index (κ1) is 24.1. The highest BCUT2D eigenvalue weighted by atomic mass is 35.5. The van der Waals surface area contributed by atoms with E-state index in [1.807, 2.05) is 0 Å². The number of ether oxygens (including phenoxy) is 2. The van der Waals surface area contributed by atoms with E-state index in [4.69, 9.17) is 42.9 Å². The predicted octanol–water partition coefficient (Wildman–Crippen LogP) is 1.64. The van der Waals surface area contributed by atoms with Crippen molar-refractivity contribution in [2.24, 2.45) is 0 Å². The maximum atomic E-state index is 11.2. The van der Waals surface area contributed by atoms with Crippen LogP contribution >= 0.6 is 23.2 Å². The Morgan fingerprint density at radius 1 is 1.00 bits per heavy atom. The monoisotopic (exact) mass is 487 g/mol. The standard InChI is InChI=1S/C20H19Cl2NO9/c21-10-6-9(31-20-17(28)15(26)16(27)18(32-20)19(29)30)7-11(22)14(10)23-12-4-2-1-3-8(12)5-13(24)25/h1-4,6-7,15-18,20,23,26-28H,5H2,(H,24,25)(H,29,30)/t15-,16-,17+,18-,20+/m0/s1. The van der Waals surface area contributed by atoms with Gasteiger partial charge in [-0.05, 0) is 11.6 Å². The number of carbonyl (C=O) groups is 2. The number of rotatable bonds is 7. The van der Waals surface area contributed by atoms with Gasteiger partial charge in [0.2, 0.25) is 6.29 Å². The van der Waals surface area contributed by atoms with Gasteiger partial charge in [0.1, 0.15) is 24.1 Å². The topological polar surface area (TPSA) is 166 Å². The van der Waals surface area contributed by atoms with Gasteiger partial charge >= 0.3 is 11.9 Å². The number of aliphatic carboxylic acids is 2. The van der Waals surface area contributed by atoms with Crippen LogP contribution in [-0.2, 0) is 20.7 Å². The molecule has 3 rings (SSSR count). The molecule has 1 aliphatic rings. The lowest BCUT2D eigenvalue weighted by molar-refractivity contribution is -0.271. The molecule has 0 amide bonds. The summed E-state index contributed by atoms with van der Waals surface area (Å²) in [4.78, 5) is 22.3. The number of para-hydroxylation sites is 1. The third kappa shape index (κ3) is 5.23. The number of anilines is 2. The van der Waals surface area contributed by atoms with E-state index in [9.17, 15) is 24.9 Å². The number of aliphatic hydroxyl groups is 3. The number of halogens is 2. The van der Waals surface area contributed by atoms with E-state index in [-0.39, 0.29) is 27.9 Å². The van der Waals surface area contributed by atoms with Crippen LogP contribution in [0.3, 0.4) is 0 Å². The van der Waals surface area contributed by atoms with Crippen molar-refractivity contribution in [3.8, 4) is 5.75 Å². The zero-order valence-electron chi connectivity index (χ0n) is 16.2. The molecule has 2 aromatic carbocycles. The van der Waals surface area contributed by atoms with Crippen molar-refractivity contribution in [3.05, 3.63) is 52.0 Å². The van der Waals surface area contributed by atoms with Gasteiger partial charge in [-0.3, -0.25) is 4.79 Å². The molecule has 0 bridgehead atoms. The van der Waals surface area contributed by atoms with Crippen LogP contribution in [0.5, 0.6) is 5.75 Å². The van der Waals surface area contributed by atoms with Gasteiger partial charge in [-0.1, -0.05) is 41.4 Å². The minimum Gasteiger partial charge on any atom is -0.481 e. The average molecular weight is 488 g/mol. The number of aliphatic hydroxyl groups excluding tert-OH is 3. The molecule has 0 spiro atoms. The zero-order valence-corrected chi connectivity index (χ0v) is 17.7. The van der Waals surface area contributed by atoms with Gasteiger partial charge in [0.15, 0.2) is 6.10 Å². The Labute approximate surface area is 191 Å². The van der Waals surface area contributed by atoms with Crippen LogP contribution < -0.4 is 10.1 Å². The quantitative estimate of drug-likeness (QED) is 0.337. The molecule has 2 aromatic rings. The van der Waals surface area contributed by atoms with Crippen molar-refractivity contribution in [2.45, 2.75) is 37.1 Å². The predicted molar refractivity (Wildman–Crippen MR) is 112 cm³/mol. The Morgan fingerprint density at radius 3 is 2.22 bits per heavy atom. The van der Waals surface area contributed by atoms with Crippen LogP contribution in [0.1, 0.15) is 5.56 Å². The Bertz CT molecular complexity index is 995. The summed E-state index contributed by atoms with van der Waals surface area (Å²) in [6.45, 7) is 0. The molecular weight excluding hydrogens is 469 g/mol. The molecule has 0 aliphatic carbocycles. The average Bonchev–Trinajstić information content (AvgIpc) is 2.71. The molecule has 0 radical (unpaired) electrons. The number of hydrogen-bond acceptors (Lipinski definition) is 8. The molecule has 10 nitrogen and oxygen atoms in total. The summed E-state index contributed by atoms with van der Waals surface area (Å²) in [5.41, 5.74) is 1.22. The maximum absolute atomic E-state index is 11.2. The molecule has 1 heterocycles. The smallest absolute Gasteiger partial charge is 0.335 e. The molecule has 1 aliphatic heterocycles. The minimum absolute atomic E-state index is 0.0128. The Kier molecular flexibility index (Phi) is 7.44. The van der Waals surface area contributed by atoms with Gasteiger partial charge in [0, 0.05) is 17.8 Å². The summed E-state index contributed by atoms with van der Waals surface area (Å²) >= 11 is 12.6. The summed E-state index contributed by atoms with van der Waals surface area (Å²) in [7, 11) is 0. The van der Waals surface area contributed by atoms with Crippen molar-refractivity contribution >= 4 is 46.5 Å². The van der Waals surface area contributed by atoms with Crippen LogP contribution in [0.15, 0.2) is 36.4 Å². The van der Waals surface area contributed by atoms with E-state index in [1.54, 1.807) is 24.3 Å². The summed E-state index contributed by atoms with van der Waals surface area (Å²) in [5, 5.41) is 51.0. The fourth-order valence-corrected chi connectivity index (χ4v) is 3.68. The highest BCUT2D eigenvalue weighted by Gasteiger charge is 2.48. The first-order chi connectivity index (χ1) is 15.1. The van der Waals surface area contributed by atoms with Gasteiger partial charge in [0.25, 0.3) is 0 Å². The van der Waals surface area contributed by atoms with Gasteiger partial charge in [-0.2, -0.15) is 0 Å². The van der Waals surface area contributed by atoms with Gasteiger partial charge < -0.3 is 40.3 Å². The van der Waals surface area contributed by atoms with Crippen LogP contribution in [0.2, 0.25) is 10.0 Å². The van der Waals surface area contributed by atoms with Crippen molar-refractivity contribution in [2.75, 3.05) is 5.32 Å². The maximum Gasteiger partial charge on any atom is 0.335 e. The molecule has 6 N–H and O–H groups in total. The fraction of sp³-hybridized carbons (Fsp3) is 0.300. The Hall–Kier alpha value is -2.60. The molecular formula is C20H19Cl2NO9. The van der Waals surface area contributed by atoms with Crippen molar-refractivity contribution in [3.63, 3.8) is 0 Å². The molecule has 172 valence electrons. The molecule has 0 unspecified atom stereocenters. The van der Waals surface area contributed by atoms with Gasteiger partial charge in [-0.25, -0.2) is 4.79 Å². The van der Waals surface area contributed by atoms with E-state index in [0.29, 0.717) is 11.3 Å². The van der Waals surface area contributed by atoms with E-state index in [0.717, 1.165) is 0 Å². The number of carboxylic acid groups (broad SMARTS) is 2. The Morgan fingerprint density at radius 2 is 1.62 bits per heavy atom. The molecule has 0 aromatic heterocycles. The number of carboxylic acids is 2. The number of hydrogen-bond donors (Lipinski definition) is 6. The normalized spacial score (nSPS) is 25.2. The molecule has 1 saturated heterocycles. The summed E-state index contributed by atoms with van der Waals surface area (Å²) in [6, 6.07) is 9.29. The van der Waals surface area contributed by atoms with E-state index < -0.39 is 42.6 Å². The third-order valence-electron chi connectivity index (χ3n) is 4.70. The number of nitrogens with one attached hydrogen (secondary N) is 1. The molecule has 32 heavy (non-hydrogen) atoms. The van der Waals surface area contributed by atoms with Crippen LogP contribution in [0.25, 0.3) is 0 Å². The Balaban J connectivity index is 1.82. The second-order valence-corrected chi connectivity index (χ2v) is 7.78. The van der Waals surface area contributed by atoms with E-state index >= 15 is 0 Å². The first-order valence-corrected chi connectivity index (χ1v) is 9.99. The molecule has 0 saturated carbocycles. The third-order valence-corrected chi connectivity index (χ3v) is 5.30. The lowest BCUT2D eigenvalue weighted by Gasteiger charge is -2.38. The first-order valence-electron chi connectivity index (χ1n) is 9.23.